The molecule has 0 fully saturated rings. The molecule has 3 aromatic rings. The zero-order chi connectivity index (χ0) is 30.3. The van der Waals surface area contributed by atoms with E-state index >= 15 is 0 Å². The number of fused-ring (bicyclic) bond motifs is 1. The topological polar surface area (TPSA) is 120 Å². The Hall–Kier alpha value is -4.28. The van der Waals surface area contributed by atoms with Gasteiger partial charge in [0.25, 0.3) is 5.91 Å². The Balaban J connectivity index is 1.62. The molecule has 4 rings (SSSR count). The third-order valence-corrected chi connectivity index (χ3v) is 6.65. The number of rotatable bonds is 6. The molecule has 11 heteroatoms. The zero-order valence-corrected chi connectivity index (χ0v) is 25.1. The van der Waals surface area contributed by atoms with Crippen LogP contribution in [0.5, 0.6) is 0 Å². The molecular formula is C30H38N6O5. The summed E-state index contributed by atoms with van der Waals surface area (Å²) in [6, 6.07) is 8.49. The maximum atomic E-state index is 13.4. The highest BCUT2D eigenvalue weighted by atomic mass is 16.6. The number of hydrogen-bond donors (Lipinski definition) is 0. The van der Waals surface area contributed by atoms with E-state index in [0.717, 1.165) is 5.56 Å². The number of aryl methyl sites for hydroxylation is 1. The average molecular weight is 563 g/mol. The number of pyridine rings is 2. The van der Waals surface area contributed by atoms with E-state index in [1.165, 1.54) is 4.90 Å². The van der Waals surface area contributed by atoms with Crippen molar-refractivity contribution >= 4 is 29.6 Å². The van der Waals surface area contributed by atoms with Gasteiger partial charge in [-0.05, 0) is 73.6 Å². The van der Waals surface area contributed by atoms with Gasteiger partial charge in [0.2, 0.25) is 0 Å². The molecule has 0 bridgehead atoms. The van der Waals surface area contributed by atoms with Gasteiger partial charge in [-0.15, -0.1) is 0 Å². The highest BCUT2D eigenvalue weighted by Crippen LogP contribution is 2.32. The van der Waals surface area contributed by atoms with Crippen molar-refractivity contribution in [2.75, 3.05) is 4.90 Å². The number of anilines is 2. The Bertz CT molecular complexity index is 1470. The van der Waals surface area contributed by atoms with E-state index in [2.05, 4.69) is 10.1 Å². The number of aromatic nitrogens is 4. The normalized spacial score (nSPS) is 14.9. The summed E-state index contributed by atoms with van der Waals surface area (Å²) < 4.78 is 12.7. The number of esters is 1. The molecule has 0 aliphatic carbocycles. The Morgan fingerprint density at radius 1 is 0.976 bits per heavy atom. The summed E-state index contributed by atoms with van der Waals surface area (Å²) >= 11 is 0. The van der Waals surface area contributed by atoms with Crippen LogP contribution in [0.4, 0.5) is 16.4 Å². The Labute approximate surface area is 240 Å². The van der Waals surface area contributed by atoms with Crippen LogP contribution in [0.2, 0.25) is 0 Å². The molecule has 3 aromatic heterocycles. The van der Waals surface area contributed by atoms with Crippen LogP contribution in [0.1, 0.15) is 71.4 Å². The maximum Gasteiger partial charge on any atom is 0.421 e. The molecule has 0 saturated carbocycles. The number of hydrogen-bond acceptors (Lipinski definition) is 8. The molecule has 41 heavy (non-hydrogen) atoms. The molecule has 1 unspecified atom stereocenters. The quantitative estimate of drug-likeness (QED) is 0.373. The van der Waals surface area contributed by atoms with E-state index in [-0.39, 0.29) is 17.9 Å². The van der Waals surface area contributed by atoms with Crippen molar-refractivity contribution < 1.29 is 23.9 Å². The summed E-state index contributed by atoms with van der Waals surface area (Å²) in [6.07, 6.45) is 2.55. The first kappa shape index (κ1) is 29.7. The molecule has 0 aromatic carbocycles. The molecule has 2 amide bonds. The lowest BCUT2D eigenvalue weighted by Gasteiger charge is -2.30. The number of carbonyl (C=O) groups excluding carboxylic acids is 3. The Morgan fingerprint density at radius 3 is 2.27 bits per heavy atom. The van der Waals surface area contributed by atoms with Gasteiger partial charge in [0.15, 0.2) is 0 Å². The minimum absolute atomic E-state index is 0.246. The van der Waals surface area contributed by atoms with Crippen molar-refractivity contribution in [1.82, 2.24) is 24.6 Å². The molecule has 1 aliphatic heterocycles. The van der Waals surface area contributed by atoms with Crippen molar-refractivity contribution in [3.05, 3.63) is 54.0 Å². The molecule has 11 nitrogen and oxygen atoms in total. The standard InChI is InChI=1S/C30H38N6O5/c1-18(27(38)40-29(3,4)5)19(2)35-17-21-10-11-22(33-25(21)26(35)37)20-12-14-31-23(16-20)36(24-13-15-32-34(24)9)28(39)41-30(6,7)8/h10-16,18-19H,17H2,1-9H3/t18?,19-/m1/s1. The molecule has 1 aliphatic rings. The zero-order valence-electron chi connectivity index (χ0n) is 25.1. The smallest absolute Gasteiger partial charge is 0.421 e. The molecule has 2 atom stereocenters. The highest BCUT2D eigenvalue weighted by Gasteiger charge is 2.38. The first-order valence-corrected chi connectivity index (χ1v) is 13.6. The summed E-state index contributed by atoms with van der Waals surface area (Å²) in [4.78, 5) is 51.5. The van der Waals surface area contributed by atoms with E-state index < -0.39 is 23.2 Å². The SMILES string of the molecule is CC(C(=O)OC(C)(C)C)[C@@H](C)N1Cc2ccc(-c3ccnc(N(C(=O)OC(C)(C)C)c4ccnn4C)c3)nc2C1=O. The van der Waals surface area contributed by atoms with Crippen LogP contribution in [0.3, 0.4) is 0 Å². The van der Waals surface area contributed by atoms with E-state index in [1.54, 1.807) is 74.9 Å². The molecule has 0 radical (unpaired) electrons. The third-order valence-electron chi connectivity index (χ3n) is 6.65. The lowest BCUT2D eigenvalue weighted by Crippen LogP contribution is -2.42. The average Bonchev–Trinajstić information content (AvgIpc) is 3.43. The number of carbonyl (C=O) groups is 3. The number of ether oxygens (including phenoxy) is 2. The van der Waals surface area contributed by atoms with Gasteiger partial charge in [0.1, 0.15) is 28.5 Å². The molecule has 0 N–H and O–H groups in total. The molecule has 218 valence electrons. The van der Waals surface area contributed by atoms with E-state index in [1.807, 2.05) is 39.8 Å². The summed E-state index contributed by atoms with van der Waals surface area (Å²) in [7, 11) is 1.72. The fourth-order valence-electron chi connectivity index (χ4n) is 4.44. The second-order valence-corrected chi connectivity index (χ2v) is 12.2. The van der Waals surface area contributed by atoms with E-state index in [4.69, 9.17) is 14.5 Å². The van der Waals surface area contributed by atoms with Crippen molar-refractivity contribution in [3.63, 3.8) is 0 Å². The van der Waals surface area contributed by atoms with Gasteiger partial charge in [-0.25, -0.2) is 19.7 Å². The predicted molar refractivity (Wildman–Crippen MR) is 153 cm³/mol. The summed E-state index contributed by atoms with van der Waals surface area (Å²) in [5, 5.41) is 4.19. The third kappa shape index (κ3) is 6.55. The summed E-state index contributed by atoms with van der Waals surface area (Å²) in [5.74, 6) is -0.320. The fraction of sp³-hybridized carbons (Fsp3) is 0.467. The molecule has 4 heterocycles. The Morgan fingerprint density at radius 2 is 1.66 bits per heavy atom. The van der Waals surface area contributed by atoms with Crippen LogP contribution in [-0.4, -0.2) is 59.9 Å². The summed E-state index contributed by atoms with van der Waals surface area (Å²) in [5.41, 5.74) is 0.983. The fourth-order valence-corrected chi connectivity index (χ4v) is 4.44. The monoisotopic (exact) mass is 562 g/mol. The number of nitrogens with zero attached hydrogens (tertiary/aromatic N) is 6. The van der Waals surface area contributed by atoms with Gasteiger partial charge >= 0.3 is 12.1 Å². The Kier molecular flexibility index (Phi) is 7.93. The first-order valence-electron chi connectivity index (χ1n) is 13.6. The van der Waals surface area contributed by atoms with Crippen LogP contribution in [-0.2, 0) is 27.9 Å². The molecule has 0 saturated heterocycles. The maximum absolute atomic E-state index is 13.4. The molecule has 0 spiro atoms. The van der Waals surface area contributed by atoms with Crippen LogP contribution in [0.25, 0.3) is 11.3 Å². The van der Waals surface area contributed by atoms with Gasteiger partial charge in [-0.3, -0.25) is 14.3 Å². The van der Waals surface area contributed by atoms with Crippen LogP contribution >= 0.6 is 0 Å². The lowest BCUT2D eigenvalue weighted by molar-refractivity contribution is -0.161. The van der Waals surface area contributed by atoms with Crippen molar-refractivity contribution in [3.8, 4) is 11.3 Å². The van der Waals surface area contributed by atoms with Gasteiger partial charge in [-0.1, -0.05) is 6.07 Å². The highest BCUT2D eigenvalue weighted by molar-refractivity contribution is 5.98. The van der Waals surface area contributed by atoms with Gasteiger partial charge in [-0.2, -0.15) is 5.10 Å². The minimum Gasteiger partial charge on any atom is -0.460 e. The largest absolute Gasteiger partial charge is 0.460 e. The van der Waals surface area contributed by atoms with Gasteiger partial charge in [0.05, 0.1) is 17.8 Å². The van der Waals surface area contributed by atoms with E-state index in [9.17, 15) is 14.4 Å². The summed E-state index contributed by atoms with van der Waals surface area (Å²) in [6.45, 7) is 14.8. The van der Waals surface area contributed by atoms with Crippen molar-refractivity contribution in [1.29, 1.82) is 0 Å². The van der Waals surface area contributed by atoms with Crippen LogP contribution in [0.15, 0.2) is 42.7 Å². The first-order chi connectivity index (χ1) is 19.1. The predicted octanol–water partition coefficient (Wildman–Crippen LogP) is 5.27. The second-order valence-electron chi connectivity index (χ2n) is 12.2. The van der Waals surface area contributed by atoms with Crippen molar-refractivity contribution in [2.24, 2.45) is 13.0 Å². The second kappa shape index (κ2) is 10.9. The lowest BCUT2D eigenvalue weighted by atomic mass is 10.0. The molecular weight excluding hydrogens is 524 g/mol. The van der Waals surface area contributed by atoms with Gasteiger partial charge in [0, 0.05) is 43.0 Å². The van der Waals surface area contributed by atoms with Crippen LogP contribution in [0, 0.1) is 5.92 Å². The minimum atomic E-state index is -0.725. The van der Waals surface area contributed by atoms with E-state index in [0.29, 0.717) is 35.1 Å². The van der Waals surface area contributed by atoms with Gasteiger partial charge < -0.3 is 14.4 Å². The van der Waals surface area contributed by atoms with Crippen molar-refractivity contribution in [2.45, 2.75) is 79.2 Å². The van der Waals surface area contributed by atoms with Crippen LogP contribution < -0.4 is 4.90 Å². The number of amides is 2.